The van der Waals surface area contributed by atoms with Gasteiger partial charge in [0.1, 0.15) is 11.5 Å². The highest BCUT2D eigenvalue weighted by molar-refractivity contribution is 6.05. The summed E-state index contributed by atoms with van der Waals surface area (Å²) < 4.78 is 1.97. The summed E-state index contributed by atoms with van der Waals surface area (Å²) in [4.78, 5) is 28.0. The smallest absolute Gasteiger partial charge is 0.268 e. The number of amides is 2. The molecule has 0 bridgehead atoms. The molecule has 37 heavy (non-hydrogen) atoms. The van der Waals surface area contributed by atoms with Crippen molar-refractivity contribution >= 4 is 39.8 Å². The first-order valence-electron chi connectivity index (χ1n) is 11.9. The number of rotatable bonds is 8. The number of hydrogen-bond donors (Lipinski definition) is 3. The van der Waals surface area contributed by atoms with Crippen LogP contribution in [0.3, 0.4) is 0 Å². The van der Waals surface area contributed by atoms with Crippen LogP contribution < -0.4 is 11.1 Å². The topological polar surface area (TPSA) is 110 Å². The average molecular weight is 491 g/mol. The number of hydrogen-bond acceptors (Lipinski definition) is 3. The number of benzene rings is 4. The van der Waals surface area contributed by atoms with Crippen LogP contribution in [0, 0.1) is 0 Å². The minimum atomic E-state index is -0.209. The maximum absolute atomic E-state index is 13.4. The molecule has 5 rings (SSSR count). The number of carbonyl (C=O) groups excluding carboxylic acids is 2. The fraction of sp³-hybridized carbons (Fsp3) is 0.100. The van der Waals surface area contributed by atoms with Gasteiger partial charge in [-0.25, -0.2) is 0 Å². The monoisotopic (exact) mass is 490 g/mol. The van der Waals surface area contributed by atoms with E-state index in [0.29, 0.717) is 30.8 Å². The Morgan fingerprint density at radius 3 is 2.46 bits per heavy atom. The number of nitrogens with zero attached hydrogens (tertiary/aromatic N) is 2. The standard InChI is InChI=1S/C30H26N4O3/c31-29(33-19-36)24-13-12-23-14-28(30(37)32-16-20-8-10-21(18-35)11-9-20)34(27(23)15-24)17-25-6-3-5-22-4-1-2-7-26(22)25/h1-15,19,35H,16-18H2,(H,32,37)(H2,31,33,36). The third kappa shape index (κ3) is 4.98. The van der Waals surface area contributed by atoms with Crippen molar-refractivity contribution in [1.82, 2.24) is 9.88 Å². The predicted octanol–water partition coefficient (Wildman–Crippen LogP) is 4.13. The van der Waals surface area contributed by atoms with Gasteiger partial charge >= 0.3 is 0 Å². The molecule has 4 N–H and O–H groups in total. The van der Waals surface area contributed by atoms with Gasteiger partial charge in [0.05, 0.1) is 6.61 Å². The number of aliphatic hydroxyl groups is 1. The third-order valence-electron chi connectivity index (χ3n) is 6.49. The normalized spacial score (nSPS) is 11.6. The molecule has 0 aliphatic carbocycles. The Bertz CT molecular complexity index is 1630. The van der Waals surface area contributed by atoms with Gasteiger partial charge in [0.15, 0.2) is 0 Å². The van der Waals surface area contributed by atoms with Crippen LogP contribution in [0.4, 0.5) is 0 Å². The van der Waals surface area contributed by atoms with Crippen LogP contribution in [-0.4, -0.2) is 27.8 Å². The molecule has 1 heterocycles. The second-order valence-electron chi connectivity index (χ2n) is 8.80. The van der Waals surface area contributed by atoms with Crippen molar-refractivity contribution in [3.63, 3.8) is 0 Å². The SMILES string of the molecule is NC(=NC=O)c1ccc2cc(C(=O)NCc3ccc(CO)cc3)n(Cc3cccc4ccccc34)c2c1. The lowest BCUT2D eigenvalue weighted by Crippen LogP contribution is -2.25. The third-order valence-corrected chi connectivity index (χ3v) is 6.49. The van der Waals surface area contributed by atoms with Gasteiger partial charge in [-0.1, -0.05) is 78.9 Å². The summed E-state index contributed by atoms with van der Waals surface area (Å²) in [6.07, 6.45) is 0.417. The van der Waals surface area contributed by atoms with Gasteiger partial charge in [0, 0.05) is 29.6 Å². The fourth-order valence-corrected chi connectivity index (χ4v) is 4.54. The zero-order valence-electron chi connectivity index (χ0n) is 20.1. The van der Waals surface area contributed by atoms with Gasteiger partial charge in [0.25, 0.3) is 5.91 Å². The van der Waals surface area contributed by atoms with E-state index in [2.05, 4.69) is 34.6 Å². The van der Waals surface area contributed by atoms with Gasteiger partial charge in [-0.3, -0.25) is 9.59 Å². The van der Waals surface area contributed by atoms with Crippen LogP contribution in [0.1, 0.15) is 32.7 Å². The number of nitrogens with one attached hydrogen (secondary N) is 1. The summed E-state index contributed by atoms with van der Waals surface area (Å²) in [5.74, 6) is -0.0918. The summed E-state index contributed by atoms with van der Waals surface area (Å²) in [6, 6.07) is 29.1. The fourth-order valence-electron chi connectivity index (χ4n) is 4.54. The number of aliphatic hydroxyl groups excluding tert-OH is 1. The minimum Gasteiger partial charge on any atom is -0.392 e. The van der Waals surface area contributed by atoms with E-state index in [1.807, 2.05) is 65.2 Å². The highest BCUT2D eigenvalue weighted by Gasteiger charge is 2.18. The summed E-state index contributed by atoms with van der Waals surface area (Å²) in [6.45, 7) is 0.794. The highest BCUT2D eigenvalue weighted by atomic mass is 16.3. The van der Waals surface area contributed by atoms with Crippen molar-refractivity contribution in [3.05, 3.63) is 119 Å². The van der Waals surface area contributed by atoms with Crippen LogP contribution in [0.5, 0.6) is 0 Å². The Balaban J connectivity index is 1.55. The lowest BCUT2D eigenvalue weighted by Gasteiger charge is -2.14. The molecule has 184 valence electrons. The molecule has 4 aromatic carbocycles. The first-order chi connectivity index (χ1) is 18.1. The van der Waals surface area contributed by atoms with E-state index < -0.39 is 0 Å². The summed E-state index contributed by atoms with van der Waals surface area (Å²) >= 11 is 0. The Kier molecular flexibility index (Phi) is 6.78. The molecule has 0 spiro atoms. The van der Waals surface area contributed by atoms with Crippen LogP contribution in [-0.2, 0) is 24.5 Å². The molecule has 0 saturated carbocycles. The first kappa shape index (κ1) is 24.0. The average Bonchev–Trinajstić information content (AvgIpc) is 3.30. The van der Waals surface area contributed by atoms with Crippen molar-refractivity contribution in [2.45, 2.75) is 19.7 Å². The summed E-state index contributed by atoms with van der Waals surface area (Å²) in [5.41, 5.74) is 10.7. The second-order valence-corrected chi connectivity index (χ2v) is 8.80. The summed E-state index contributed by atoms with van der Waals surface area (Å²) in [5, 5.41) is 15.4. The molecule has 0 unspecified atom stereocenters. The number of nitrogens with two attached hydrogens (primary N) is 1. The second kappa shape index (κ2) is 10.5. The first-order valence-corrected chi connectivity index (χ1v) is 11.9. The molecule has 0 aliphatic rings. The molecule has 0 radical (unpaired) electrons. The van der Waals surface area contributed by atoms with E-state index in [4.69, 9.17) is 5.73 Å². The quantitative estimate of drug-likeness (QED) is 0.173. The van der Waals surface area contributed by atoms with Crippen molar-refractivity contribution < 1.29 is 14.7 Å². The maximum atomic E-state index is 13.4. The zero-order valence-corrected chi connectivity index (χ0v) is 20.1. The number of aromatic nitrogens is 1. The molecule has 0 fully saturated rings. The Morgan fingerprint density at radius 1 is 0.919 bits per heavy atom. The van der Waals surface area contributed by atoms with Gasteiger partial charge in [0.2, 0.25) is 6.41 Å². The molecule has 7 heteroatoms. The lowest BCUT2D eigenvalue weighted by atomic mass is 10.0. The Labute approximate surface area is 213 Å². The van der Waals surface area contributed by atoms with E-state index >= 15 is 0 Å². The Hall–Kier alpha value is -4.75. The number of carbonyl (C=O) groups is 2. The molecule has 2 amide bonds. The van der Waals surface area contributed by atoms with Gasteiger partial charge in [-0.15, -0.1) is 0 Å². The summed E-state index contributed by atoms with van der Waals surface area (Å²) in [7, 11) is 0. The van der Waals surface area contributed by atoms with Gasteiger partial charge < -0.3 is 20.7 Å². The molecule has 1 aromatic heterocycles. The molecule has 5 aromatic rings. The van der Waals surface area contributed by atoms with Crippen LogP contribution in [0.25, 0.3) is 21.7 Å². The highest BCUT2D eigenvalue weighted by Crippen LogP contribution is 2.26. The van der Waals surface area contributed by atoms with E-state index in [1.165, 1.54) is 0 Å². The maximum Gasteiger partial charge on any atom is 0.268 e. The molecule has 7 nitrogen and oxygen atoms in total. The van der Waals surface area contributed by atoms with Crippen molar-refractivity contribution in [1.29, 1.82) is 0 Å². The zero-order chi connectivity index (χ0) is 25.8. The molecule has 0 saturated heterocycles. The van der Waals surface area contributed by atoms with Crippen molar-refractivity contribution in [3.8, 4) is 0 Å². The molecular weight excluding hydrogens is 464 g/mol. The van der Waals surface area contributed by atoms with Crippen LogP contribution in [0.15, 0.2) is 96.0 Å². The Morgan fingerprint density at radius 2 is 1.68 bits per heavy atom. The van der Waals surface area contributed by atoms with E-state index in [1.54, 1.807) is 6.07 Å². The van der Waals surface area contributed by atoms with E-state index in [0.717, 1.165) is 38.4 Å². The van der Waals surface area contributed by atoms with Gasteiger partial charge in [-0.05, 0) is 39.6 Å². The van der Waals surface area contributed by atoms with Crippen molar-refractivity contribution in [2.75, 3.05) is 0 Å². The lowest BCUT2D eigenvalue weighted by molar-refractivity contribution is -0.106. The number of fused-ring (bicyclic) bond motifs is 2. The molecular formula is C30H26N4O3. The molecule has 0 aliphatic heterocycles. The van der Waals surface area contributed by atoms with Crippen molar-refractivity contribution in [2.24, 2.45) is 10.7 Å². The predicted molar refractivity (Wildman–Crippen MR) is 145 cm³/mol. The van der Waals surface area contributed by atoms with Gasteiger partial charge in [-0.2, -0.15) is 4.99 Å². The number of aliphatic imine (C=N–C) groups is 1. The number of amidine groups is 1. The van der Waals surface area contributed by atoms with E-state index in [9.17, 15) is 14.7 Å². The largest absolute Gasteiger partial charge is 0.392 e. The van der Waals surface area contributed by atoms with Crippen LogP contribution in [0.2, 0.25) is 0 Å². The van der Waals surface area contributed by atoms with E-state index in [-0.39, 0.29) is 18.3 Å². The van der Waals surface area contributed by atoms with Crippen LogP contribution >= 0.6 is 0 Å². The minimum absolute atomic E-state index is 0.0228. The molecule has 0 atom stereocenters.